The number of carbonyl (C=O) groups is 1. The van der Waals surface area contributed by atoms with E-state index < -0.39 is 6.03 Å². The molecule has 154 valence electrons. The van der Waals surface area contributed by atoms with E-state index in [1.807, 2.05) is 48.5 Å². The van der Waals surface area contributed by atoms with Crippen molar-refractivity contribution in [2.75, 3.05) is 19.5 Å². The summed E-state index contributed by atoms with van der Waals surface area (Å²) >= 11 is 0. The fraction of sp³-hybridized carbons (Fsp3) is 0.130. The number of nitrogens with one attached hydrogen (secondary N) is 2. The average molecular weight is 405 g/mol. The molecule has 0 saturated carbocycles. The van der Waals surface area contributed by atoms with Crippen LogP contribution in [0.2, 0.25) is 0 Å². The summed E-state index contributed by atoms with van der Waals surface area (Å²) < 4.78 is 16.8. The first-order valence-electron chi connectivity index (χ1n) is 9.27. The lowest BCUT2D eigenvalue weighted by Gasteiger charge is -2.15. The molecule has 7 nitrogen and oxygen atoms in total. The number of carbonyl (C=O) groups excluding carboxylic acids is 1. The van der Waals surface area contributed by atoms with Crippen molar-refractivity contribution in [1.82, 2.24) is 5.43 Å². The van der Waals surface area contributed by atoms with E-state index in [9.17, 15) is 4.79 Å². The van der Waals surface area contributed by atoms with Crippen LogP contribution in [0.3, 0.4) is 0 Å². The molecule has 0 heterocycles. The third kappa shape index (κ3) is 5.75. The maximum absolute atomic E-state index is 11.9. The zero-order valence-corrected chi connectivity index (χ0v) is 16.8. The van der Waals surface area contributed by atoms with Gasteiger partial charge in [0.05, 0.1) is 20.4 Å². The molecule has 0 unspecified atom stereocenters. The monoisotopic (exact) mass is 405 g/mol. The molecule has 0 atom stereocenters. The number of hydrogen-bond acceptors (Lipinski definition) is 5. The van der Waals surface area contributed by atoms with Crippen molar-refractivity contribution >= 4 is 17.9 Å². The van der Waals surface area contributed by atoms with Gasteiger partial charge in [-0.15, -0.1) is 0 Å². The zero-order valence-electron chi connectivity index (χ0n) is 16.8. The van der Waals surface area contributed by atoms with Crippen molar-refractivity contribution in [3.8, 4) is 17.2 Å². The Morgan fingerprint density at radius 1 is 0.933 bits per heavy atom. The summed E-state index contributed by atoms with van der Waals surface area (Å²) in [7, 11) is 3.10. The predicted octanol–water partition coefficient (Wildman–Crippen LogP) is 4.44. The molecule has 0 aromatic heterocycles. The van der Waals surface area contributed by atoms with E-state index >= 15 is 0 Å². The van der Waals surface area contributed by atoms with Crippen molar-refractivity contribution in [3.05, 3.63) is 83.9 Å². The highest BCUT2D eigenvalue weighted by Crippen LogP contribution is 2.38. The van der Waals surface area contributed by atoms with Crippen LogP contribution in [0.1, 0.15) is 11.1 Å². The van der Waals surface area contributed by atoms with Gasteiger partial charge in [-0.3, -0.25) is 0 Å². The van der Waals surface area contributed by atoms with Gasteiger partial charge in [-0.05, 0) is 29.8 Å². The van der Waals surface area contributed by atoms with Crippen LogP contribution >= 0.6 is 0 Å². The van der Waals surface area contributed by atoms with Gasteiger partial charge in [-0.1, -0.05) is 48.5 Å². The van der Waals surface area contributed by atoms with Gasteiger partial charge < -0.3 is 19.5 Å². The molecule has 7 heteroatoms. The van der Waals surface area contributed by atoms with Gasteiger partial charge in [0.25, 0.3) is 0 Å². The first kappa shape index (κ1) is 20.7. The molecule has 3 aromatic rings. The second kappa shape index (κ2) is 10.5. The van der Waals surface area contributed by atoms with E-state index in [4.69, 9.17) is 14.2 Å². The Hall–Kier alpha value is -4.00. The van der Waals surface area contributed by atoms with Gasteiger partial charge in [-0.2, -0.15) is 5.10 Å². The number of amides is 2. The quantitative estimate of drug-likeness (QED) is 0.429. The first-order chi connectivity index (χ1) is 14.7. The lowest BCUT2D eigenvalue weighted by Crippen LogP contribution is -2.24. The molecule has 0 saturated heterocycles. The number of methoxy groups -OCH3 is 2. The molecule has 0 bridgehead atoms. The minimum Gasteiger partial charge on any atom is -0.493 e. The fourth-order valence-corrected chi connectivity index (χ4v) is 2.69. The minimum absolute atomic E-state index is 0.377. The Morgan fingerprint density at radius 3 is 2.13 bits per heavy atom. The Bertz CT molecular complexity index is 967. The lowest BCUT2D eigenvalue weighted by molar-refractivity contribution is 0.252. The Kier molecular flexibility index (Phi) is 7.27. The fourth-order valence-electron chi connectivity index (χ4n) is 2.69. The number of rotatable bonds is 8. The van der Waals surface area contributed by atoms with E-state index in [1.54, 1.807) is 38.5 Å². The maximum Gasteiger partial charge on any atom is 0.339 e. The molecular weight excluding hydrogens is 382 g/mol. The zero-order chi connectivity index (χ0) is 21.2. The van der Waals surface area contributed by atoms with Crippen LogP contribution in [-0.4, -0.2) is 26.5 Å². The van der Waals surface area contributed by atoms with Crippen LogP contribution in [-0.2, 0) is 6.61 Å². The van der Waals surface area contributed by atoms with E-state index in [2.05, 4.69) is 15.8 Å². The normalized spacial score (nSPS) is 10.5. The van der Waals surface area contributed by atoms with Gasteiger partial charge >= 0.3 is 6.03 Å². The van der Waals surface area contributed by atoms with Crippen molar-refractivity contribution in [2.24, 2.45) is 5.10 Å². The molecule has 0 aliphatic heterocycles. The smallest absolute Gasteiger partial charge is 0.339 e. The molecule has 30 heavy (non-hydrogen) atoms. The van der Waals surface area contributed by atoms with E-state index in [-0.39, 0.29) is 0 Å². The lowest BCUT2D eigenvalue weighted by atomic mass is 10.2. The predicted molar refractivity (Wildman–Crippen MR) is 117 cm³/mol. The van der Waals surface area contributed by atoms with Crippen LogP contribution in [0.25, 0.3) is 0 Å². The summed E-state index contributed by atoms with van der Waals surface area (Å²) in [6.45, 7) is 0.377. The molecular formula is C23H23N3O4. The largest absolute Gasteiger partial charge is 0.493 e. The molecule has 2 N–H and O–H groups in total. The SMILES string of the molecule is COc1cc(/C=N/NC(=O)Nc2ccccc2)cc(OC)c1OCc1ccccc1. The molecule has 0 spiro atoms. The molecule has 2 amide bonds. The number of hydrazone groups is 1. The summed E-state index contributed by atoms with van der Waals surface area (Å²) in [4.78, 5) is 11.9. The first-order valence-corrected chi connectivity index (χ1v) is 9.27. The van der Waals surface area contributed by atoms with Crippen LogP contribution in [0.5, 0.6) is 17.2 Å². The van der Waals surface area contributed by atoms with E-state index in [0.717, 1.165) is 5.56 Å². The third-order valence-electron chi connectivity index (χ3n) is 4.12. The van der Waals surface area contributed by atoms with Crippen molar-refractivity contribution < 1.29 is 19.0 Å². The van der Waals surface area contributed by atoms with Gasteiger partial charge in [0.1, 0.15) is 6.61 Å². The number of nitrogens with zero attached hydrogens (tertiary/aromatic N) is 1. The van der Waals surface area contributed by atoms with E-state index in [0.29, 0.717) is 35.1 Å². The van der Waals surface area contributed by atoms with Crippen LogP contribution < -0.4 is 25.0 Å². The van der Waals surface area contributed by atoms with Crippen molar-refractivity contribution in [1.29, 1.82) is 0 Å². The summed E-state index contributed by atoms with van der Waals surface area (Å²) in [5.74, 6) is 1.50. The topological polar surface area (TPSA) is 81.2 Å². The Labute approximate surface area is 175 Å². The Balaban J connectivity index is 1.67. The van der Waals surface area contributed by atoms with Crippen LogP contribution in [0, 0.1) is 0 Å². The summed E-state index contributed by atoms with van der Waals surface area (Å²) in [6, 6.07) is 22.0. The van der Waals surface area contributed by atoms with Gasteiger partial charge in [-0.25, -0.2) is 10.2 Å². The molecule has 3 rings (SSSR count). The maximum atomic E-state index is 11.9. The van der Waals surface area contributed by atoms with Crippen LogP contribution in [0.15, 0.2) is 77.9 Å². The molecule has 0 radical (unpaired) electrons. The number of para-hydroxylation sites is 1. The highest BCUT2D eigenvalue weighted by Gasteiger charge is 2.14. The number of ether oxygens (including phenoxy) is 3. The summed E-state index contributed by atoms with van der Waals surface area (Å²) in [6.07, 6.45) is 1.50. The van der Waals surface area contributed by atoms with Gasteiger partial charge in [0.2, 0.25) is 5.75 Å². The summed E-state index contributed by atoms with van der Waals surface area (Å²) in [5.41, 5.74) is 4.80. The minimum atomic E-state index is -0.445. The van der Waals surface area contributed by atoms with Gasteiger partial charge in [0.15, 0.2) is 11.5 Å². The van der Waals surface area contributed by atoms with Crippen molar-refractivity contribution in [3.63, 3.8) is 0 Å². The average Bonchev–Trinajstić information content (AvgIpc) is 2.78. The van der Waals surface area contributed by atoms with E-state index in [1.165, 1.54) is 6.21 Å². The third-order valence-corrected chi connectivity index (χ3v) is 4.12. The molecule has 3 aromatic carbocycles. The Morgan fingerprint density at radius 2 is 1.53 bits per heavy atom. The highest BCUT2D eigenvalue weighted by molar-refractivity contribution is 5.90. The summed E-state index contributed by atoms with van der Waals surface area (Å²) in [5, 5.41) is 6.65. The standard InChI is InChI=1S/C23H23N3O4/c1-28-20-13-18(15-24-26-23(27)25-19-11-7-4-8-12-19)14-21(29-2)22(20)30-16-17-9-5-3-6-10-17/h3-15H,16H2,1-2H3,(H2,25,26,27)/b24-15+. The number of hydrogen-bond donors (Lipinski definition) is 2. The van der Waals surface area contributed by atoms with Crippen LogP contribution in [0.4, 0.5) is 10.5 Å². The molecule has 0 fully saturated rings. The highest BCUT2D eigenvalue weighted by atomic mass is 16.5. The number of benzene rings is 3. The van der Waals surface area contributed by atoms with Crippen molar-refractivity contribution in [2.45, 2.75) is 6.61 Å². The second-order valence-corrected chi connectivity index (χ2v) is 6.22. The molecule has 0 aliphatic carbocycles. The number of urea groups is 1. The molecule has 0 aliphatic rings. The second-order valence-electron chi connectivity index (χ2n) is 6.22. The number of anilines is 1. The van der Waals surface area contributed by atoms with Gasteiger partial charge in [0, 0.05) is 11.3 Å².